The fourth-order valence-electron chi connectivity index (χ4n) is 4.00. The molecule has 32 heavy (non-hydrogen) atoms. The number of fused-ring (bicyclic) bond motifs is 1. The lowest BCUT2D eigenvalue weighted by atomic mass is 9.92. The molecular weight excluding hydrogens is 427 g/mol. The monoisotopic (exact) mass is 452 g/mol. The number of likely N-dealkylation sites (N-methyl/N-ethyl adjacent to an activating group) is 1. The Morgan fingerprint density at radius 3 is 2.75 bits per heavy atom. The van der Waals surface area contributed by atoms with Gasteiger partial charge in [0.1, 0.15) is 11.0 Å². The van der Waals surface area contributed by atoms with Crippen molar-refractivity contribution in [3.63, 3.8) is 0 Å². The quantitative estimate of drug-likeness (QED) is 0.362. The number of nitrogens with one attached hydrogen (secondary N) is 1. The first-order valence-electron chi connectivity index (χ1n) is 10.6. The van der Waals surface area contributed by atoms with E-state index in [2.05, 4.69) is 25.7 Å². The highest BCUT2D eigenvalue weighted by Gasteiger charge is 2.22. The van der Waals surface area contributed by atoms with Gasteiger partial charge in [0.25, 0.3) is 0 Å². The van der Waals surface area contributed by atoms with E-state index in [1.54, 1.807) is 12.3 Å². The minimum atomic E-state index is -0.284. The molecule has 1 atom stereocenters. The predicted molar refractivity (Wildman–Crippen MR) is 127 cm³/mol. The number of aromatic amines is 1. The topological polar surface area (TPSA) is 53.9 Å². The smallest absolute Gasteiger partial charge is 0.168 e. The molecule has 0 spiro atoms. The zero-order valence-electron chi connectivity index (χ0n) is 18.4. The third-order valence-corrected chi connectivity index (χ3v) is 6.01. The Morgan fingerprint density at radius 2 is 2.06 bits per heavy atom. The van der Waals surface area contributed by atoms with Crippen LogP contribution in [0.15, 0.2) is 54.9 Å². The maximum Gasteiger partial charge on any atom is 0.168 e. The van der Waals surface area contributed by atoms with Gasteiger partial charge in [0.15, 0.2) is 5.78 Å². The van der Waals surface area contributed by atoms with Gasteiger partial charge < -0.3 is 9.47 Å². The molecule has 0 fully saturated rings. The van der Waals surface area contributed by atoms with Crippen LogP contribution in [0, 0.1) is 11.7 Å². The molecule has 2 aromatic heterocycles. The number of carbonyl (C=O) groups excluding carboxylic acids is 1. The average Bonchev–Trinajstić information content (AvgIpc) is 3.34. The number of rotatable bonds is 8. The number of carbonyl (C=O) groups is 1. The first-order chi connectivity index (χ1) is 15.3. The maximum atomic E-state index is 13.6. The molecule has 1 unspecified atom stereocenters. The molecule has 0 aliphatic rings. The van der Waals surface area contributed by atoms with Crippen molar-refractivity contribution in [2.75, 3.05) is 20.6 Å². The van der Waals surface area contributed by atoms with E-state index in [0.29, 0.717) is 17.1 Å². The van der Waals surface area contributed by atoms with Crippen LogP contribution >= 0.6 is 11.6 Å². The summed E-state index contributed by atoms with van der Waals surface area (Å²) in [5, 5.41) is 8.16. The molecule has 7 heteroatoms. The van der Waals surface area contributed by atoms with Gasteiger partial charge >= 0.3 is 0 Å². The number of hydrogen-bond donors (Lipinski definition) is 1. The van der Waals surface area contributed by atoms with E-state index in [4.69, 9.17) is 11.6 Å². The molecule has 5 nitrogen and oxygen atoms in total. The Labute approximate surface area is 191 Å². The molecule has 0 bridgehead atoms. The van der Waals surface area contributed by atoms with Crippen LogP contribution in [0.1, 0.15) is 22.8 Å². The Hall–Kier alpha value is -2.96. The number of hydrogen-bond acceptors (Lipinski definition) is 3. The lowest BCUT2D eigenvalue weighted by Gasteiger charge is -2.11. The summed E-state index contributed by atoms with van der Waals surface area (Å²) in [7, 11) is 4.05. The van der Waals surface area contributed by atoms with Crippen LogP contribution in [-0.4, -0.2) is 46.1 Å². The second-order valence-corrected chi connectivity index (χ2v) is 8.85. The number of halogens is 2. The van der Waals surface area contributed by atoms with E-state index >= 15 is 0 Å². The average molecular weight is 453 g/mol. The number of H-pyrrole nitrogens is 1. The zero-order chi connectivity index (χ0) is 22.8. The van der Waals surface area contributed by atoms with E-state index in [-0.39, 0.29) is 17.5 Å². The number of aromatic nitrogens is 3. The van der Waals surface area contributed by atoms with Crippen molar-refractivity contribution in [3.8, 4) is 11.1 Å². The third kappa shape index (κ3) is 4.61. The Morgan fingerprint density at radius 1 is 1.25 bits per heavy atom. The summed E-state index contributed by atoms with van der Waals surface area (Å²) in [4.78, 5) is 15.5. The summed E-state index contributed by atoms with van der Waals surface area (Å²) < 4.78 is 15.7. The lowest BCUT2D eigenvalue weighted by Crippen LogP contribution is -2.18. The van der Waals surface area contributed by atoms with E-state index in [1.807, 2.05) is 45.4 Å². The summed E-state index contributed by atoms with van der Waals surface area (Å²) in [5.41, 5.74) is 4.24. The van der Waals surface area contributed by atoms with Gasteiger partial charge in [-0.05, 0) is 49.8 Å². The normalized spacial score (nSPS) is 12.6. The van der Waals surface area contributed by atoms with E-state index in [9.17, 15) is 9.18 Å². The van der Waals surface area contributed by atoms with E-state index < -0.39 is 0 Å². The minimum Gasteiger partial charge on any atom is -0.345 e. The van der Waals surface area contributed by atoms with Gasteiger partial charge in [-0.3, -0.25) is 9.89 Å². The van der Waals surface area contributed by atoms with Crippen LogP contribution in [0.2, 0.25) is 5.15 Å². The first-order valence-corrected chi connectivity index (χ1v) is 11.0. The van der Waals surface area contributed by atoms with Crippen LogP contribution in [0.25, 0.3) is 22.0 Å². The highest BCUT2D eigenvalue weighted by Crippen LogP contribution is 2.32. The largest absolute Gasteiger partial charge is 0.345 e. The molecular formula is C25H26ClFN4O. The van der Waals surface area contributed by atoms with Crippen LogP contribution in [-0.2, 0) is 13.0 Å². The third-order valence-electron chi connectivity index (χ3n) is 5.72. The molecule has 4 rings (SSSR count). The molecule has 2 aromatic carbocycles. The van der Waals surface area contributed by atoms with Crippen molar-refractivity contribution < 1.29 is 9.18 Å². The van der Waals surface area contributed by atoms with Crippen LogP contribution < -0.4 is 0 Å². The second kappa shape index (κ2) is 9.27. The predicted octanol–water partition coefficient (Wildman–Crippen LogP) is 5.45. The molecule has 0 aliphatic heterocycles. The van der Waals surface area contributed by atoms with Crippen molar-refractivity contribution in [3.05, 3.63) is 77.0 Å². The van der Waals surface area contributed by atoms with Gasteiger partial charge in [0, 0.05) is 47.2 Å². The fraction of sp³-hybridized carbons (Fsp3) is 0.280. The van der Waals surface area contributed by atoms with E-state index in [1.165, 1.54) is 12.1 Å². The van der Waals surface area contributed by atoms with Crippen molar-refractivity contribution in [2.24, 2.45) is 5.92 Å². The van der Waals surface area contributed by atoms with Gasteiger partial charge in [-0.15, -0.1) is 0 Å². The van der Waals surface area contributed by atoms with Crippen molar-refractivity contribution in [1.29, 1.82) is 0 Å². The first kappa shape index (κ1) is 22.2. The van der Waals surface area contributed by atoms with Crippen molar-refractivity contribution in [1.82, 2.24) is 19.7 Å². The van der Waals surface area contributed by atoms with Crippen LogP contribution in [0.5, 0.6) is 0 Å². The van der Waals surface area contributed by atoms with Crippen LogP contribution in [0.4, 0.5) is 4.39 Å². The lowest BCUT2D eigenvalue weighted by molar-refractivity contribution is 0.0931. The number of benzene rings is 2. The van der Waals surface area contributed by atoms with Crippen LogP contribution in [0.3, 0.4) is 0 Å². The molecule has 166 valence electrons. The summed E-state index contributed by atoms with van der Waals surface area (Å²) >= 11 is 6.24. The van der Waals surface area contributed by atoms with Crippen molar-refractivity contribution in [2.45, 2.75) is 19.9 Å². The van der Waals surface area contributed by atoms with Gasteiger partial charge in [0.05, 0.1) is 6.20 Å². The maximum absolute atomic E-state index is 13.6. The minimum absolute atomic E-state index is 0.0527. The Bertz CT molecular complexity index is 1260. The Kier molecular flexibility index (Phi) is 6.44. The zero-order valence-corrected chi connectivity index (χ0v) is 19.2. The molecule has 0 aliphatic carbocycles. The van der Waals surface area contributed by atoms with Gasteiger partial charge in [-0.1, -0.05) is 42.8 Å². The van der Waals surface area contributed by atoms with Gasteiger partial charge in [0.2, 0.25) is 0 Å². The van der Waals surface area contributed by atoms with Crippen molar-refractivity contribution >= 4 is 28.3 Å². The molecule has 0 saturated heterocycles. The number of nitrogens with zero attached hydrogens (tertiary/aromatic N) is 3. The number of Topliss-reactive ketones (excluding diaryl/α,β-unsaturated/α-hetero) is 1. The summed E-state index contributed by atoms with van der Waals surface area (Å²) in [5.74, 6) is -0.502. The second-order valence-electron chi connectivity index (χ2n) is 8.47. The number of ketones is 1. The summed E-state index contributed by atoms with van der Waals surface area (Å²) in [6.45, 7) is 3.49. The molecule has 0 radical (unpaired) electrons. The Balaban J connectivity index is 1.71. The molecule has 2 heterocycles. The SMILES string of the molecule is CC(Cc1cccc(F)c1)C(=O)c1cn(CCN(C)C)c2cc(-c3cn[nH]c3Cl)ccc12. The summed E-state index contributed by atoms with van der Waals surface area (Å²) in [6.07, 6.45) is 4.13. The molecule has 0 saturated carbocycles. The van der Waals surface area contributed by atoms with E-state index in [0.717, 1.165) is 40.7 Å². The molecule has 1 N–H and O–H groups in total. The summed E-state index contributed by atoms with van der Waals surface area (Å²) in [6, 6.07) is 12.4. The standard InChI is InChI=1S/C25H26ClFN4O/c1-16(11-17-5-4-6-19(27)12-17)24(32)22-15-31(10-9-30(2)3)23-13-18(7-8-20(22)23)21-14-28-29-25(21)26/h4-8,12-16H,9-11H2,1-3H3,(H,28,29). The fourth-order valence-corrected chi connectivity index (χ4v) is 4.20. The van der Waals surface area contributed by atoms with Gasteiger partial charge in [-0.25, -0.2) is 4.39 Å². The highest BCUT2D eigenvalue weighted by molar-refractivity contribution is 6.32. The molecule has 4 aromatic rings. The molecule has 0 amide bonds. The highest BCUT2D eigenvalue weighted by atomic mass is 35.5. The van der Waals surface area contributed by atoms with Gasteiger partial charge in [-0.2, -0.15) is 5.10 Å².